The van der Waals surface area contributed by atoms with Gasteiger partial charge in [-0.1, -0.05) is 36.4 Å². The zero-order chi connectivity index (χ0) is 19.9. The molecule has 2 aromatic rings. The Kier molecular flexibility index (Phi) is 6.69. The normalized spacial score (nSPS) is 19.1. The minimum Gasteiger partial charge on any atom is -0.484 e. The van der Waals surface area contributed by atoms with Crippen LogP contribution in [-0.4, -0.2) is 35.4 Å². The fourth-order valence-electron chi connectivity index (χ4n) is 3.74. The second-order valence-corrected chi connectivity index (χ2v) is 7.41. The van der Waals surface area contributed by atoms with E-state index in [9.17, 15) is 9.59 Å². The number of benzene rings is 2. The molecule has 0 bridgehead atoms. The van der Waals surface area contributed by atoms with Crippen LogP contribution in [0.5, 0.6) is 5.75 Å². The van der Waals surface area contributed by atoms with E-state index in [2.05, 4.69) is 19.2 Å². The minimum absolute atomic E-state index is 0.00127. The Morgan fingerprint density at radius 1 is 1.04 bits per heavy atom. The molecule has 1 aliphatic heterocycles. The summed E-state index contributed by atoms with van der Waals surface area (Å²) in [4.78, 5) is 26.9. The third-order valence-electron chi connectivity index (χ3n) is 5.24. The predicted octanol–water partition coefficient (Wildman–Crippen LogP) is 3.78. The van der Waals surface area contributed by atoms with E-state index in [0.717, 1.165) is 24.8 Å². The van der Waals surface area contributed by atoms with E-state index in [4.69, 9.17) is 4.74 Å². The topological polar surface area (TPSA) is 58.6 Å². The first kappa shape index (κ1) is 19.9. The quantitative estimate of drug-likeness (QED) is 0.830. The maximum absolute atomic E-state index is 12.6. The number of amides is 2. The summed E-state index contributed by atoms with van der Waals surface area (Å²) in [5, 5.41) is 2.90. The molecule has 2 atom stereocenters. The van der Waals surface area contributed by atoms with Gasteiger partial charge < -0.3 is 15.0 Å². The van der Waals surface area contributed by atoms with E-state index >= 15 is 0 Å². The fourth-order valence-corrected chi connectivity index (χ4v) is 3.74. The highest BCUT2D eigenvalue weighted by Crippen LogP contribution is 2.23. The number of nitrogens with one attached hydrogen (secondary N) is 1. The number of nitrogens with zero attached hydrogens (tertiary/aromatic N) is 1. The molecule has 0 aliphatic carbocycles. The van der Waals surface area contributed by atoms with Crippen molar-refractivity contribution < 1.29 is 14.3 Å². The summed E-state index contributed by atoms with van der Waals surface area (Å²) in [7, 11) is 0. The van der Waals surface area contributed by atoms with Gasteiger partial charge in [0.15, 0.2) is 6.61 Å². The van der Waals surface area contributed by atoms with Gasteiger partial charge in [0, 0.05) is 24.2 Å². The van der Waals surface area contributed by atoms with Crippen LogP contribution >= 0.6 is 0 Å². The van der Waals surface area contributed by atoms with Crippen LogP contribution < -0.4 is 10.1 Å². The molecule has 1 N–H and O–H groups in total. The van der Waals surface area contributed by atoms with Gasteiger partial charge >= 0.3 is 0 Å². The van der Waals surface area contributed by atoms with Crippen molar-refractivity contribution >= 4 is 11.8 Å². The molecular formula is C23H28N2O3. The summed E-state index contributed by atoms with van der Waals surface area (Å²) in [5.41, 5.74) is 1.55. The summed E-state index contributed by atoms with van der Waals surface area (Å²) in [6, 6.07) is 17.2. The van der Waals surface area contributed by atoms with Crippen LogP contribution in [0.4, 0.5) is 0 Å². The maximum Gasteiger partial charge on any atom is 0.260 e. The molecule has 5 nitrogen and oxygen atoms in total. The lowest BCUT2D eigenvalue weighted by Gasteiger charge is -2.38. The molecule has 5 heteroatoms. The smallest absolute Gasteiger partial charge is 0.260 e. The molecule has 2 aromatic carbocycles. The average molecular weight is 380 g/mol. The van der Waals surface area contributed by atoms with E-state index in [1.54, 1.807) is 24.3 Å². The van der Waals surface area contributed by atoms with E-state index < -0.39 is 0 Å². The second kappa shape index (κ2) is 9.40. The van der Waals surface area contributed by atoms with Crippen molar-refractivity contribution in [1.29, 1.82) is 0 Å². The SMILES string of the molecule is C[C@@H]1CCC[C@@H](C)N1C(=O)COc1cccc(C(=O)NCc2ccccc2)c1. The van der Waals surface area contributed by atoms with Crippen molar-refractivity contribution in [3.8, 4) is 5.75 Å². The summed E-state index contributed by atoms with van der Waals surface area (Å²) in [6.07, 6.45) is 3.23. The molecule has 1 aliphatic rings. The minimum atomic E-state index is -0.168. The lowest BCUT2D eigenvalue weighted by atomic mass is 9.97. The molecule has 148 valence electrons. The van der Waals surface area contributed by atoms with Gasteiger partial charge in [-0.15, -0.1) is 0 Å². The Morgan fingerprint density at radius 2 is 1.75 bits per heavy atom. The third kappa shape index (κ3) is 5.12. The van der Waals surface area contributed by atoms with Crippen LogP contribution in [0.3, 0.4) is 0 Å². The average Bonchev–Trinajstić information content (AvgIpc) is 2.71. The van der Waals surface area contributed by atoms with Gasteiger partial charge in [-0.25, -0.2) is 0 Å². The number of ether oxygens (including phenoxy) is 1. The van der Waals surface area contributed by atoms with Crippen LogP contribution in [0.25, 0.3) is 0 Å². The van der Waals surface area contributed by atoms with Crippen LogP contribution in [0.2, 0.25) is 0 Å². The van der Waals surface area contributed by atoms with E-state index in [-0.39, 0.29) is 30.5 Å². The van der Waals surface area contributed by atoms with Crippen molar-refractivity contribution in [2.45, 2.75) is 51.7 Å². The monoisotopic (exact) mass is 380 g/mol. The molecule has 1 fully saturated rings. The Bertz CT molecular complexity index is 797. The van der Waals surface area contributed by atoms with Gasteiger partial charge in [0.25, 0.3) is 11.8 Å². The molecule has 1 saturated heterocycles. The largest absolute Gasteiger partial charge is 0.484 e. The van der Waals surface area contributed by atoms with Crippen LogP contribution in [0.15, 0.2) is 54.6 Å². The fraction of sp³-hybridized carbons (Fsp3) is 0.391. The Labute approximate surface area is 166 Å². The number of carbonyl (C=O) groups excluding carboxylic acids is 2. The first-order chi connectivity index (χ1) is 13.5. The predicted molar refractivity (Wildman–Crippen MR) is 109 cm³/mol. The van der Waals surface area contributed by atoms with Crippen molar-refractivity contribution in [3.05, 3.63) is 65.7 Å². The Balaban J connectivity index is 1.55. The van der Waals surface area contributed by atoms with E-state index in [1.807, 2.05) is 35.2 Å². The van der Waals surface area contributed by atoms with Crippen LogP contribution in [-0.2, 0) is 11.3 Å². The zero-order valence-electron chi connectivity index (χ0n) is 16.6. The van der Waals surface area contributed by atoms with Gasteiger partial charge in [0.2, 0.25) is 0 Å². The second-order valence-electron chi connectivity index (χ2n) is 7.41. The number of hydrogen-bond acceptors (Lipinski definition) is 3. The summed E-state index contributed by atoms with van der Waals surface area (Å²) >= 11 is 0. The Hall–Kier alpha value is -2.82. The zero-order valence-corrected chi connectivity index (χ0v) is 16.6. The molecule has 2 amide bonds. The summed E-state index contributed by atoms with van der Waals surface area (Å²) in [6.45, 7) is 4.63. The molecule has 0 aromatic heterocycles. The first-order valence-electron chi connectivity index (χ1n) is 9.90. The highest BCUT2D eigenvalue weighted by Gasteiger charge is 2.29. The van der Waals surface area contributed by atoms with Crippen molar-refractivity contribution in [3.63, 3.8) is 0 Å². The Morgan fingerprint density at radius 3 is 2.46 bits per heavy atom. The third-order valence-corrected chi connectivity index (χ3v) is 5.24. The molecule has 28 heavy (non-hydrogen) atoms. The van der Waals surface area contributed by atoms with Crippen molar-refractivity contribution in [2.75, 3.05) is 6.61 Å². The molecular weight excluding hydrogens is 352 g/mol. The highest BCUT2D eigenvalue weighted by molar-refractivity contribution is 5.94. The molecule has 1 heterocycles. The highest BCUT2D eigenvalue weighted by atomic mass is 16.5. The maximum atomic E-state index is 12.6. The molecule has 3 rings (SSSR count). The van der Waals surface area contributed by atoms with E-state index in [1.165, 1.54) is 0 Å². The van der Waals surface area contributed by atoms with Crippen LogP contribution in [0, 0.1) is 0 Å². The van der Waals surface area contributed by atoms with Gasteiger partial charge in [-0.2, -0.15) is 0 Å². The summed E-state index contributed by atoms with van der Waals surface area (Å²) in [5.74, 6) is 0.357. The number of piperidine rings is 1. The number of likely N-dealkylation sites (tertiary alicyclic amines) is 1. The van der Waals surface area contributed by atoms with Crippen molar-refractivity contribution in [2.24, 2.45) is 0 Å². The van der Waals surface area contributed by atoms with Crippen LogP contribution in [0.1, 0.15) is 49.0 Å². The molecule has 0 spiro atoms. The number of hydrogen-bond donors (Lipinski definition) is 1. The van der Waals surface area contributed by atoms with Gasteiger partial charge in [-0.05, 0) is 56.9 Å². The van der Waals surface area contributed by atoms with Gasteiger partial charge in [0.05, 0.1) is 0 Å². The molecule has 0 unspecified atom stereocenters. The van der Waals surface area contributed by atoms with Crippen molar-refractivity contribution in [1.82, 2.24) is 10.2 Å². The molecule has 0 saturated carbocycles. The van der Waals surface area contributed by atoms with Gasteiger partial charge in [-0.3, -0.25) is 9.59 Å². The number of rotatable bonds is 6. The first-order valence-corrected chi connectivity index (χ1v) is 9.90. The molecule has 0 radical (unpaired) electrons. The van der Waals surface area contributed by atoms with Gasteiger partial charge in [0.1, 0.15) is 5.75 Å². The summed E-state index contributed by atoms with van der Waals surface area (Å²) < 4.78 is 5.70. The van der Waals surface area contributed by atoms with E-state index in [0.29, 0.717) is 17.9 Å². The number of carbonyl (C=O) groups is 2. The lowest BCUT2D eigenvalue weighted by Crippen LogP contribution is -2.49. The standard InChI is InChI=1S/C23H28N2O3/c1-17-8-6-9-18(2)25(17)22(26)16-28-21-13-7-12-20(14-21)23(27)24-15-19-10-4-3-5-11-19/h3-5,7,10-14,17-18H,6,8-9,15-16H2,1-2H3,(H,24,27)/t17-,18-/m1/s1. The lowest BCUT2D eigenvalue weighted by molar-refractivity contribution is -0.139.